The van der Waals surface area contributed by atoms with Crippen molar-refractivity contribution < 1.29 is 9.18 Å². The van der Waals surface area contributed by atoms with Gasteiger partial charge in [-0.2, -0.15) is 0 Å². The van der Waals surface area contributed by atoms with Crippen LogP contribution < -0.4 is 0 Å². The van der Waals surface area contributed by atoms with Crippen LogP contribution in [0, 0.1) is 12.7 Å². The molecule has 0 aliphatic carbocycles. The van der Waals surface area contributed by atoms with Crippen LogP contribution in [0.2, 0.25) is 0 Å². The van der Waals surface area contributed by atoms with Crippen molar-refractivity contribution in [2.75, 3.05) is 7.05 Å². The Morgan fingerprint density at radius 2 is 1.80 bits per heavy atom. The highest BCUT2D eigenvalue weighted by Gasteiger charge is 2.20. The molecular formula is C17H18FNO. The zero-order valence-electron chi connectivity index (χ0n) is 11.9. The van der Waals surface area contributed by atoms with E-state index in [1.165, 1.54) is 12.1 Å². The van der Waals surface area contributed by atoms with Gasteiger partial charge in [-0.25, -0.2) is 4.39 Å². The molecule has 2 aromatic carbocycles. The number of carbonyl (C=O) groups is 1. The molecule has 0 heterocycles. The minimum absolute atomic E-state index is 0.0635. The van der Waals surface area contributed by atoms with Gasteiger partial charge in [-0.3, -0.25) is 4.79 Å². The molecule has 2 nitrogen and oxygen atoms in total. The lowest BCUT2D eigenvalue weighted by Crippen LogP contribution is -2.30. The number of halogens is 1. The zero-order chi connectivity index (χ0) is 14.7. The summed E-state index contributed by atoms with van der Waals surface area (Å²) < 4.78 is 13.3. The van der Waals surface area contributed by atoms with Crippen LogP contribution in [-0.2, 0) is 0 Å². The first-order valence-electron chi connectivity index (χ1n) is 6.59. The monoisotopic (exact) mass is 271 g/mol. The van der Waals surface area contributed by atoms with E-state index in [9.17, 15) is 9.18 Å². The van der Waals surface area contributed by atoms with Gasteiger partial charge in [-0.05, 0) is 37.1 Å². The molecule has 0 N–H and O–H groups in total. The second-order valence-corrected chi connectivity index (χ2v) is 4.96. The predicted molar refractivity (Wildman–Crippen MR) is 78.1 cm³/mol. The Balaban J connectivity index is 2.27. The van der Waals surface area contributed by atoms with Gasteiger partial charge in [0.15, 0.2) is 0 Å². The second-order valence-electron chi connectivity index (χ2n) is 4.96. The van der Waals surface area contributed by atoms with Gasteiger partial charge < -0.3 is 4.90 Å². The SMILES string of the molecule is Cc1ccc(F)cc1C(=O)N(C)C(C)c1ccccc1. The minimum Gasteiger partial charge on any atom is -0.335 e. The van der Waals surface area contributed by atoms with Crippen LogP contribution in [0.15, 0.2) is 48.5 Å². The van der Waals surface area contributed by atoms with Gasteiger partial charge in [0, 0.05) is 12.6 Å². The van der Waals surface area contributed by atoms with Crippen LogP contribution in [0.25, 0.3) is 0 Å². The van der Waals surface area contributed by atoms with Crippen LogP contribution in [0.5, 0.6) is 0 Å². The number of hydrogen-bond acceptors (Lipinski definition) is 1. The lowest BCUT2D eigenvalue weighted by molar-refractivity contribution is 0.0741. The van der Waals surface area contributed by atoms with E-state index in [0.717, 1.165) is 11.1 Å². The van der Waals surface area contributed by atoms with E-state index < -0.39 is 0 Å². The molecule has 1 unspecified atom stereocenters. The molecule has 0 aliphatic rings. The molecule has 0 saturated carbocycles. The molecular weight excluding hydrogens is 253 g/mol. The Labute approximate surface area is 118 Å². The van der Waals surface area contributed by atoms with Gasteiger partial charge >= 0.3 is 0 Å². The summed E-state index contributed by atoms with van der Waals surface area (Å²) in [5, 5.41) is 0. The number of rotatable bonds is 3. The zero-order valence-corrected chi connectivity index (χ0v) is 11.9. The first-order chi connectivity index (χ1) is 9.50. The minimum atomic E-state index is -0.389. The first-order valence-corrected chi connectivity index (χ1v) is 6.59. The van der Waals surface area contributed by atoms with Crippen molar-refractivity contribution in [1.82, 2.24) is 4.90 Å². The van der Waals surface area contributed by atoms with Crippen molar-refractivity contribution in [3.8, 4) is 0 Å². The van der Waals surface area contributed by atoms with E-state index in [2.05, 4.69) is 0 Å². The van der Waals surface area contributed by atoms with Gasteiger partial charge in [0.05, 0.1) is 6.04 Å². The van der Waals surface area contributed by atoms with Crippen LogP contribution >= 0.6 is 0 Å². The number of benzene rings is 2. The Morgan fingerprint density at radius 3 is 2.45 bits per heavy atom. The van der Waals surface area contributed by atoms with E-state index in [1.54, 1.807) is 18.0 Å². The fourth-order valence-corrected chi connectivity index (χ4v) is 2.15. The maximum absolute atomic E-state index is 13.3. The molecule has 3 heteroatoms. The van der Waals surface area contributed by atoms with Gasteiger partial charge in [-0.15, -0.1) is 0 Å². The molecule has 0 bridgehead atoms. The third-order valence-electron chi connectivity index (χ3n) is 3.61. The summed E-state index contributed by atoms with van der Waals surface area (Å²) >= 11 is 0. The molecule has 1 amide bonds. The third kappa shape index (κ3) is 2.87. The summed E-state index contributed by atoms with van der Waals surface area (Å²) in [4.78, 5) is 14.1. The average molecular weight is 271 g/mol. The molecule has 0 aliphatic heterocycles. The Kier molecular flexibility index (Phi) is 4.18. The van der Waals surface area contributed by atoms with Gasteiger partial charge in [0.2, 0.25) is 0 Å². The number of aryl methyl sites for hydroxylation is 1. The summed E-state index contributed by atoms with van der Waals surface area (Å²) in [5.74, 6) is -0.557. The summed E-state index contributed by atoms with van der Waals surface area (Å²) in [6, 6.07) is 14.0. The third-order valence-corrected chi connectivity index (χ3v) is 3.61. The molecule has 104 valence electrons. The highest BCUT2D eigenvalue weighted by molar-refractivity contribution is 5.95. The van der Waals surface area contributed by atoms with E-state index in [4.69, 9.17) is 0 Å². The molecule has 0 saturated heterocycles. The van der Waals surface area contributed by atoms with Crippen LogP contribution in [0.3, 0.4) is 0 Å². The Hall–Kier alpha value is -2.16. The molecule has 2 rings (SSSR count). The highest BCUT2D eigenvalue weighted by atomic mass is 19.1. The molecule has 0 aromatic heterocycles. The predicted octanol–water partition coefficient (Wildman–Crippen LogP) is 3.97. The second kappa shape index (κ2) is 5.87. The quantitative estimate of drug-likeness (QED) is 0.827. The number of carbonyl (C=O) groups excluding carboxylic acids is 1. The van der Waals surface area contributed by atoms with E-state index >= 15 is 0 Å². The summed E-state index contributed by atoms with van der Waals surface area (Å²) in [6.07, 6.45) is 0. The van der Waals surface area contributed by atoms with Crippen molar-refractivity contribution in [2.45, 2.75) is 19.9 Å². The molecule has 0 radical (unpaired) electrons. The smallest absolute Gasteiger partial charge is 0.254 e. The lowest BCUT2D eigenvalue weighted by atomic mass is 10.0. The van der Waals surface area contributed by atoms with E-state index in [0.29, 0.717) is 5.56 Å². The van der Waals surface area contributed by atoms with Crippen molar-refractivity contribution in [2.24, 2.45) is 0 Å². The van der Waals surface area contributed by atoms with Gasteiger partial charge in [0.1, 0.15) is 5.82 Å². The largest absolute Gasteiger partial charge is 0.335 e. The van der Waals surface area contributed by atoms with Crippen molar-refractivity contribution >= 4 is 5.91 Å². The van der Waals surface area contributed by atoms with Gasteiger partial charge in [0.25, 0.3) is 5.91 Å². The fourth-order valence-electron chi connectivity index (χ4n) is 2.15. The Morgan fingerprint density at radius 1 is 1.15 bits per heavy atom. The number of nitrogens with zero attached hydrogens (tertiary/aromatic N) is 1. The van der Waals surface area contributed by atoms with E-state index in [-0.39, 0.29) is 17.8 Å². The summed E-state index contributed by atoms with van der Waals surface area (Å²) in [6.45, 7) is 3.77. The van der Waals surface area contributed by atoms with Crippen LogP contribution in [0.4, 0.5) is 4.39 Å². The molecule has 1 atom stereocenters. The van der Waals surface area contributed by atoms with Crippen LogP contribution in [-0.4, -0.2) is 17.9 Å². The average Bonchev–Trinajstić information content (AvgIpc) is 2.48. The van der Waals surface area contributed by atoms with Crippen LogP contribution in [0.1, 0.15) is 34.5 Å². The summed E-state index contributed by atoms with van der Waals surface area (Å²) in [5.41, 5.74) is 2.25. The molecule has 0 fully saturated rings. The number of amides is 1. The maximum Gasteiger partial charge on any atom is 0.254 e. The normalized spacial score (nSPS) is 12.0. The van der Waals surface area contributed by atoms with Crippen molar-refractivity contribution in [3.63, 3.8) is 0 Å². The van der Waals surface area contributed by atoms with Crippen molar-refractivity contribution in [3.05, 3.63) is 71.0 Å². The van der Waals surface area contributed by atoms with Crippen molar-refractivity contribution in [1.29, 1.82) is 0 Å². The fraction of sp³-hybridized carbons (Fsp3) is 0.235. The summed E-state index contributed by atoms with van der Waals surface area (Å²) in [7, 11) is 1.74. The van der Waals surface area contributed by atoms with E-state index in [1.807, 2.05) is 44.2 Å². The Bertz CT molecular complexity index is 610. The molecule has 0 spiro atoms. The maximum atomic E-state index is 13.3. The highest BCUT2D eigenvalue weighted by Crippen LogP contribution is 2.22. The van der Waals surface area contributed by atoms with Gasteiger partial charge in [-0.1, -0.05) is 36.4 Å². The lowest BCUT2D eigenvalue weighted by Gasteiger charge is -2.26. The standard InChI is InChI=1S/C17H18FNO/c1-12-9-10-15(18)11-16(12)17(20)19(3)13(2)14-7-5-4-6-8-14/h4-11,13H,1-3H3. The number of hydrogen-bond donors (Lipinski definition) is 0. The topological polar surface area (TPSA) is 20.3 Å². The first kappa shape index (κ1) is 14.3. The molecule has 20 heavy (non-hydrogen) atoms. The molecule has 2 aromatic rings.